The van der Waals surface area contributed by atoms with Crippen molar-refractivity contribution in [2.45, 2.75) is 20.0 Å². The lowest BCUT2D eigenvalue weighted by molar-refractivity contribution is -0.149. The zero-order valence-electron chi connectivity index (χ0n) is 14.9. The maximum atomic E-state index is 12.3. The maximum absolute atomic E-state index is 12.3. The highest BCUT2D eigenvalue weighted by molar-refractivity contribution is 7.90. The van der Waals surface area contributed by atoms with Gasteiger partial charge in [0.15, 0.2) is 6.10 Å². The monoisotopic (exact) mass is 389 g/mol. The van der Waals surface area contributed by atoms with Crippen LogP contribution in [0.5, 0.6) is 0 Å². The summed E-state index contributed by atoms with van der Waals surface area (Å²) in [5.41, 5.74) is 1.83. The molecule has 1 N–H and O–H groups in total. The average molecular weight is 389 g/mol. The molecule has 2 aliphatic heterocycles. The molecule has 9 heteroatoms. The predicted molar refractivity (Wildman–Crippen MR) is 101 cm³/mol. The Morgan fingerprint density at radius 3 is 2.81 bits per heavy atom. The largest absolute Gasteiger partial charge is 0.449 e. The summed E-state index contributed by atoms with van der Waals surface area (Å²) >= 11 is 0. The number of amidine groups is 1. The first-order chi connectivity index (χ1) is 12.7. The molecule has 0 spiro atoms. The van der Waals surface area contributed by atoms with Gasteiger partial charge in [-0.25, -0.2) is 13.2 Å². The minimum atomic E-state index is -3.46. The Labute approximate surface area is 157 Å². The van der Waals surface area contributed by atoms with E-state index in [2.05, 4.69) is 9.71 Å². The molecule has 142 valence electrons. The number of benzene rings is 1. The molecule has 0 saturated heterocycles. The third-order valence-corrected chi connectivity index (χ3v) is 5.16. The molecule has 0 aromatic heterocycles. The molecular weight excluding hydrogens is 370 g/mol. The van der Waals surface area contributed by atoms with Gasteiger partial charge in [-0.3, -0.25) is 4.79 Å². The third-order valence-electron chi connectivity index (χ3n) is 4.00. The summed E-state index contributed by atoms with van der Waals surface area (Å²) in [7, 11) is -3.46. The summed E-state index contributed by atoms with van der Waals surface area (Å²) < 4.78 is 31.9. The van der Waals surface area contributed by atoms with Gasteiger partial charge in [-0.15, -0.1) is 4.40 Å². The van der Waals surface area contributed by atoms with Crippen molar-refractivity contribution in [3.63, 3.8) is 0 Å². The lowest BCUT2D eigenvalue weighted by atomic mass is 10.2. The van der Waals surface area contributed by atoms with Gasteiger partial charge in [-0.05, 0) is 43.7 Å². The molecule has 3 rings (SSSR count). The highest BCUT2D eigenvalue weighted by Crippen LogP contribution is 2.17. The number of amides is 1. The summed E-state index contributed by atoms with van der Waals surface area (Å²) in [4.78, 5) is 26.1. The molecule has 0 unspecified atom stereocenters. The van der Waals surface area contributed by atoms with E-state index in [0.717, 1.165) is 5.56 Å². The van der Waals surface area contributed by atoms with E-state index in [0.29, 0.717) is 5.69 Å². The van der Waals surface area contributed by atoms with E-state index in [9.17, 15) is 18.0 Å². The van der Waals surface area contributed by atoms with Crippen LogP contribution in [0.4, 0.5) is 5.69 Å². The van der Waals surface area contributed by atoms with E-state index in [4.69, 9.17) is 4.74 Å². The molecule has 27 heavy (non-hydrogen) atoms. The predicted octanol–water partition coefficient (Wildman–Crippen LogP) is 1.36. The number of nitrogens with one attached hydrogen (secondary N) is 1. The second kappa shape index (κ2) is 7.36. The summed E-state index contributed by atoms with van der Waals surface area (Å²) in [6.45, 7) is 3.59. The first-order valence-electron chi connectivity index (χ1n) is 8.31. The van der Waals surface area contributed by atoms with Gasteiger partial charge in [-0.2, -0.15) is 0 Å². The number of esters is 1. The smallest absolute Gasteiger partial charge is 0.340 e. The number of sulfonamides is 1. The summed E-state index contributed by atoms with van der Waals surface area (Å²) in [6.07, 6.45) is 3.33. The van der Waals surface area contributed by atoms with Gasteiger partial charge in [-0.1, -0.05) is 12.1 Å². The van der Waals surface area contributed by atoms with Crippen molar-refractivity contribution in [1.29, 1.82) is 0 Å². The topological polar surface area (TPSA) is 105 Å². The number of hydrogen-bond donors (Lipinski definition) is 1. The second-order valence-electron chi connectivity index (χ2n) is 6.25. The van der Waals surface area contributed by atoms with Gasteiger partial charge in [0.05, 0.1) is 11.3 Å². The van der Waals surface area contributed by atoms with Crippen molar-refractivity contribution in [2.24, 2.45) is 4.40 Å². The standard InChI is InChI=1S/C18H19N3O5S/c1-12-4-3-5-15(10-12)19-17(22)13(2)26-18(23)14-6-7-16-20-27(24,25)9-8-21(16)11-14/h3-7,10-11,13H,8-9H2,1-2H3,(H,19,22)/t13-/m1/s1. The average Bonchev–Trinajstić information content (AvgIpc) is 2.60. The SMILES string of the molecule is Cc1cccc(NC(=O)[C@@H](C)OC(=O)C2=CN3CCS(=O)(=O)N=C3C=C2)c1. The molecule has 1 amide bonds. The number of nitrogens with zero attached hydrogens (tertiary/aromatic N) is 2. The number of carbonyl (C=O) groups is 2. The lowest BCUT2D eigenvalue weighted by Crippen LogP contribution is -2.37. The van der Waals surface area contributed by atoms with Gasteiger partial charge in [0, 0.05) is 18.4 Å². The number of aryl methyl sites for hydroxylation is 1. The van der Waals surface area contributed by atoms with Crippen LogP contribution >= 0.6 is 0 Å². The normalized spacial score (nSPS) is 18.7. The number of ether oxygens (including phenoxy) is 1. The summed E-state index contributed by atoms with van der Waals surface area (Å²) in [5, 5.41) is 2.70. The molecule has 0 radical (unpaired) electrons. The molecule has 2 aliphatic rings. The van der Waals surface area contributed by atoms with Crippen LogP contribution in [0.3, 0.4) is 0 Å². The first-order valence-corrected chi connectivity index (χ1v) is 9.92. The van der Waals surface area contributed by atoms with Crippen molar-refractivity contribution in [2.75, 3.05) is 17.6 Å². The van der Waals surface area contributed by atoms with Gasteiger partial charge in [0.1, 0.15) is 5.84 Å². The molecule has 1 atom stereocenters. The Hall–Kier alpha value is -2.94. The summed E-state index contributed by atoms with van der Waals surface area (Å²) in [6, 6.07) is 7.28. The highest BCUT2D eigenvalue weighted by Gasteiger charge is 2.26. The number of hydrogen-bond acceptors (Lipinski definition) is 6. The fourth-order valence-electron chi connectivity index (χ4n) is 2.57. The van der Waals surface area contributed by atoms with Crippen LogP contribution in [0.15, 0.2) is 52.6 Å². The lowest BCUT2D eigenvalue weighted by Gasteiger charge is -2.27. The van der Waals surface area contributed by atoms with Crippen molar-refractivity contribution >= 4 is 33.4 Å². The van der Waals surface area contributed by atoms with Gasteiger partial charge < -0.3 is 15.0 Å². The summed E-state index contributed by atoms with van der Waals surface area (Å²) in [5.74, 6) is -0.993. The van der Waals surface area contributed by atoms with Crippen molar-refractivity contribution in [3.05, 3.63) is 53.8 Å². The maximum Gasteiger partial charge on any atom is 0.340 e. The van der Waals surface area contributed by atoms with Crippen LogP contribution in [0, 0.1) is 6.92 Å². The van der Waals surface area contributed by atoms with Crippen LogP contribution in [0.1, 0.15) is 12.5 Å². The number of fused-ring (bicyclic) bond motifs is 1. The van der Waals surface area contributed by atoms with E-state index in [1.807, 2.05) is 25.1 Å². The van der Waals surface area contributed by atoms with E-state index in [1.165, 1.54) is 25.3 Å². The first kappa shape index (κ1) is 18.8. The Balaban J connectivity index is 1.63. The van der Waals surface area contributed by atoms with Gasteiger partial charge >= 0.3 is 5.97 Å². The highest BCUT2D eigenvalue weighted by atomic mass is 32.2. The van der Waals surface area contributed by atoms with Gasteiger partial charge in [0.2, 0.25) is 0 Å². The van der Waals surface area contributed by atoms with Crippen LogP contribution < -0.4 is 5.32 Å². The molecule has 1 aromatic carbocycles. The fourth-order valence-corrected chi connectivity index (χ4v) is 3.54. The van der Waals surface area contributed by atoms with Crippen LogP contribution in [-0.2, 0) is 24.3 Å². The molecule has 0 fully saturated rings. The van der Waals surface area contributed by atoms with E-state index in [-0.39, 0.29) is 23.7 Å². The Bertz CT molecular complexity index is 978. The van der Waals surface area contributed by atoms with Crippen LogP contribution in [0.25, 0.3) is 0 Å². The van der Waals surface area contributed by atoms with E-state index in [1.54, 1.807) is 11.0 Å². The molecule has 2 heterocycles. The van der Waals surface area contributed by atoms with Crippen LogP contribution in [-0.4, -0.2) is 49.4 Å². The number of rotatable bonds is 4. The van der Waals surface area contributed by atoms with Gasteiger partial charge in [0.25, 0.3) is 15.9 Å². The number of carbonyl (C=O) groups excluding carboxylic acids is 2. The van der Waals surface area contributed by atoms with Crippen molar-refractivity contribution < 1.29 is 22.7 Å². The minimum absolute atomic E-state index is 0.127. The third kappa shape index (κ3) is 4.62. The van der Waals surface area contributed by atoms with Crippen molar-refractivity contribution in [1.82, 2.24) is 4.90 Å². The molecule has 0 bridgehead atoms. The van der Waals surface area contributed by atoms with E-state index >= 15 is 0 Å². The zero-order valence-corrected chi connectivity index (χ0v) is 15.7. The quantitative estimate of drug-likeness (QED) is 0.780. The Morgan fingerprint density at radius 2 is 2.07 bits per heavy atom. The molecular formula is C18H19N3O5S. The van der Waals surface area contributed by atoms with Crippen molar-refractivity contribution in [3.8, 4) is 0 Å². The fraction of sp³-hybridized carbons (Fsp3) is 0.278. The zero-order chi connectivity index (χ0) is 19.6. The molecule has 8 nitrogen and oxygen atoms in total. The van der Waals surface area contributed by atoms with E-state index < -0.39 is 28.0 Å². The number of anilines is 1. The van der Waals surface area contributed by atoms with Crippen LogP contribution in [0.2, 0.25) is 0 Å². The Morgan fingerprint density at radius 1 is 1.30 bits per heavy atom. The molecule has 1 aromatic rings. The molecule has 0 saturated carbocycles. The Kier molecular flexibility index (Phi) is 5.13. The molecule has 0 aliphatic carbocycles. The minimum Gasteiger partial charge on any atom is -0.449 e. The second-order valence-corrected chi connectivity index (χ2v) is 8.01.